The van der Waals surface area contributed by atoms with Crippen LogP contribution in [0.1, 0.15) is 135 Å². The van der Waals surface area contributed by atoms with Gasteiger partial charge in [0, 0.05) is 0 Å². The molecule has 206 valence electrons. The van der Waals surface area contributed by atoms with Crippen LogP contribution in [0.25, 0.3) is 0 Å². The quantitative estimate of drug-likeness (QED) is 0.125. The van der Waals surface area contributed by atoms with E-state index in [9.17, 15) is 8.42 Å². The maximum absolute atomic E-state index is 12.0. The number of rotatable bonds is 22. The largest absolute Gasteiger partial charge is 0.320 e. The molecular formula is C30H57NO3S. The van der Waals surface area contributed by atoms with Crippen molar-refractivity contribution in [1.82, 2.24) is 5.32 Å². The van der Waals surface area contributed by atoms with Gasteiger partial charge in [-0.25, -0.2) is 0 Å². The molecule has 0 unspecified atom stereocenters. The minimum absolute atomic E-state index is 0.244. The van der Waals surface area contributed by atoms with Crippen LogP contribution in [0, 0.1) is 6.92 Å². The molecule has 0 saturated carbocycles. The Bertz CT molecular complexity index is 649. The summed E-state index contributed by atoms with van der Waals surface area (Å²) in [5.41, 5.74) is 1.04. The fraction of sp³-hybridized carbons (Fsp3) is 0.800. The summed E-state index contributed by atoms with van der Waals surface area (Å²) < 4.78 is 29.0. The Morgan fingerprint density at radius 3 is 1.46 bits per heavy atom. The zero-order valence-electron chi connectivity index (χ0n) is 23.6. The molecule has 0 aliphatic rings. The molecule has 0 aliphatic carbocycles. The van der Waals surface area contributed by atoms with Crippen LogP contribution in [0.5, 0.6) is 0 Å². The fourth-order valence-corrected chi connectivity index (χ4v) is 4.91. The molecule has 1 aromatic rings. The van der Waals surface area contributed by atoms with Gasteiger partial charge in [0.05, 0.1) is 11.5 Å². The summed E-state index contributed by atoms with van der Waals surface area (Å²) in [7, 11) is -1.55. The van der Waals surface area contributed by atoms with Gasteiger partial charge in [-0.05, 0) is 45.5 Å². The van der Waals surface area contributed by atoms with Crippen LogP contribution in [-0.2, 0) is 14.3 Å². The minimum atomic E-state index is -3.58. The Balaban J connectivity index is 0.000000761. The molecule has 0 aromatic heterocycles. The molecule has 5 heteroatoms. The van der Waals surface area contributed by atoms with Crippen molar-refractivity contribution in [2.45, 2.75) is 141 Å². The van der Waals surface area contributed by atoms with Crippen molar-refractivity contribution in [3.63, 3.8) is 0 Å². The van der Waals surface area contributed by atoms with E-state index in [1.807, 2.05) is 14.0 Å². The van der Waals surface area contributed by atoms with Crippen LogP contribution in [0.3, 0.4) is 0 Å². The van der Waals surface area contributed by atoms with Crippen LogP contribution < -0.4 is 5.32 Å². The lowest BCUT2D eigenvalue weighted by atomic mass is 10.1. The summed E-state index contributed by atoms with van der Waals surface area (Å²) in [6.45, 7) is 7.91. The highest BCUT2D eigenvalue weighted by Crippen LogP contribution is 2.15. The van der Waals surface area contributed by atoms with Crippen molar-refractivity contribution in [1.29, 1.82) is 0 Å². The molecule has 1 rings (SSSR count). The van der Waals surface area contributed by atoms with Gasteiger partial charge in [-0.15, -0.1) is 0 Å². The monoisotopic (exact) mass is 511 g/mol. The van der Waals surface area contributed by atoms with Gasteiger partial charge >= 0.3 is 0 Å². The second-order valence-corrected chi connectivity index (χ2v) is 11.5. The van der Waals surface area contributed by atoms with Gasteiger partial charge in [0.15, 0.2) is 0 Å². The first kappa shape index (κ1) is 34.1. The Labute approximate surface area is 219 Å². The molecule has 0 atom stereocenters. The van der Waals surface area contributed by atoms with Crippen molar-refractivity contribution < 1.29 is 12.6 Å². The van der Waals surface area contributed by atoms with Crippen LogP contribution in [0.4, 0.5) is 0 Å². The summed E-state index contributed by atoms with van der Waals surface area (Å²) in [6, 6.07) is 6.77. The average Bonchev–Trinajstić information content (AvgIpc) is 2.85. The van der Waals surface area contributed by atoms with Gasteiger partial charge in [-0.3, -0.25) is 4.18 Å². The maximum atomic E-state index is 12.0. The van der Waals surface area contributed by atoms with E-state index in [0.717, 1.165) is 18.4 Å². The third-order valence-corrected chi connectivity index (χ3v) is 7.65. The van der Waals surface area contributed by atoms with E-state index in [1.165, 1.54) is 109 Å². The van der Waals surface area contributed by atoms with Gasteiger partial charge < -0.3 is 5.32 Å². The number of aryl methyl sites for hydroxylation is 1. The van der Waals surface area contributed by atoms with Gasteiger partial charge in [0.1, 0.15) is 0 Å². The zero-order chi connectivity index (χ0) is 26.0. The van der Waals surface area contributed by atoms with Crippen molar-refractivity contribution in [2.75, 3.05) is 20.2 Å². The van der Waals surface area contributed by atoms with E-state index in [4.69, 9.17) is 4.18 Å². The molecule has 0 amide bonds. The van der Waals surface area contributed by atoms with E-state index in [-0.39, 0.29) is 11.5 Å². The van der Waals surface area contributed by atoms with Crippen molar-refractivity contribution in [3.05, 3.63) is 29.8 Å². The van der Waals surface area contributed by atoms with Gasteiger partial charge in [0.25, 0.3) is 10.1 Å². The predicted molar refractivity (Wildman–Crippen MR) is 153 cm³/mol. The number of benzene rings is 1. The topological polar surface area (TPSA) is 55.4 Å². The van der Waals surface area contributed by atoms with Crippen LogP contribution >= 0.6 is 0 Å². The molecule has 1 aromatic carbocycles. The Morgan fingerprint density at radius 1 is 0.629 bits per heavy atom. The normalized spacial score (nSPS) is 11.3. The fourth-order valence-electron chi connectivity index (χ4n) is 3.97. The highest BCUT2D eigenvalue weighted by atomic mass is 32.2. The molecular weight excluding hydrogens is 454 g/mol. The number of hydrogen-bond donors (Lipinski definition) is 1. The van der Waals surface area contributed by atoms with Crippen LogP contribution in [0.15, 0.2) is 29.2 Å². The van der Waals surface area contributed by atoms with Crippen LogP contribution in [-0.4, -0.2) is 28.6 Å². The van der Waals surface area contributed by atoms with Gasteiger partial charge in [-0.1, -0.05) is 134 Å². The van der Waals surface area contributed by atoms with Crippen molar-refractivity contribution >= 4 is 10.1 Å². The van der Waals surface area contributed by atoms with E-state index in [1.54, 1.807) is 24.3 Å². The molecule has 0 fully saturated rings. The van der Waals surface area contributed by atoms with E-state index < -0.39 is 10.1 Å². The Kier molecular flexibility index (Phi) is 24.1. The van der Waals surface area contributed by atoms with Gasteiger partial charge in [-0.2, -0.15) is 8.42 Å². The molecule has 4 nitrogen and oxygen atoms in total. The second-order valence-electron chi connectivity index (χ2n) is 9.85. The molecule has 0 bridgehead atoms. The zero-order valence-corrected chi connectivity index (χ0v) is 24.4. The minimum Gasteiger partial charge on any atom is -0.320 e. The number of unbranched alkanes of at least 4 members (excludes halogenated alkanes) is 16. The Morgan fingerprint density at radius 2 is 1.03 bits per heavy atom. The number of hydrogen-bond acceptors (Lipinski definition) is 4. The first-order valence-corrected chi connectivity index (χ1v) is 16.0. The molecule has 0 aliphatic heterocycles. The van der Waals surface area contributed by atoms with Crippen molar-refractivity contribution in [3.8, 4) is 0 Å². The number of nitrogens with one attached hydrogen (secondary N) is 1. The molecule has 0 spiro atoms. The first-order valence-electron chi connectivity index (χ1n) is 14.6. The SMILES string of the molecule is CCCCCCCCCCCNC.CCCCCCCCCCCOS(=O)(=O)c1ccc(C)cc1. The van der Waals surface area contributed by atoms with E-state index >= 15 is 0 Å². The van der Waals surface area contributed by atoms with E-state index in [0.29, 0.717) is 0 Å². The smallest absolute Gasteiger partial charge is 0.296 e. The standard InChI is InChI=1S/C18H30O3S.C12H27N/c1-3-4-5-6-7-8-9-10-11-16-21-22(19,20)18-14-12-17(2)13-15-18;1-3-4-5-6-7-8-9-10-11-12-13-2/h12-15H,3-11,16H2,1-2H3;13H,3-12H2,1-2H3. The van der Waals surface area contributed by atoms with E-state index in [2.05, 4.69) is 19.2 Å². The molecule has 0 heterocycles. The second kappa shape index (κ2) is 24.8. The Hall–Kier alpha value is -0.910. The maximum Gasteiger partial charge on any atom is 0.296 e. The van der Waals surface area contributed by atoms with Crippen LogP contribution in [0.2, 0.25) is 0 Å². The molecule has 0 saturated heterocycles. The van der Waals surface area contributed by atoms with Gasteiger partial charge in [0.2, 0.25) is 0 Å². The predicted octanol–water partition coefficient (Wildman–Crippen LogP) is 8.97. The first-order chi connectivity index (χ1) is 17.0. The molecule has 0 radical (unpaired) electrons. The average molecular weight is 512 g/mol. The summed E-state index contributed by atoms with van der Waals surface area (Å²) in [4.78, 5) is 0.244. The lowest BCUT2D eigenvalue weighted by molar-refractivity contribution is 0.306. The third-order valence-electron chi connectivity index (χ3n) is 6.33. The highest BCUT2D eigenvalue weighted by Gasteiger charge is 2.14. The summed E-state index contributed by atoms with van der Waals surface area (Å²) in [5.74, 6) is 0. The summed E-state index contributed by atoms with van der Waals surface area (Å²) >= 11 is 0. The van der Waals surface area contributed by atoms with Crippen molar-refractivity contribution in [2.24, 2.45) is 0 Å². The summed E-state index contributed by atoms with van der Waals surface area (Å²) in [6.07, 6.45) is 23.7. The molecule has 1 N–H and O–H groups in total. The molecule has 35 heavy (non-hydrogen) atoms. The lowest BCUT2D eigenvalue weighted by Crippen LogP contribution is -2.07. The summed E-state index contributed by atoms with van der Waals surface area (Å²) in [5, 5.41) is 3.19. The third kappa shape index (κ3) is 22.0. The highest BCUT2D eigenvalue weighted by molar-refractivity contribution is 7.86. The lowest BCUT2D eigenvalue weighted by Gasteiger charge is -2.06.